The van der Waals surface area contributed by atoms with Crippen LogP contribution in [0.2, 0.25) is 5.02 Å². The molecule has 6 heteroatoms. The van der Waals surface area contributed by atoms with Crippen LogP contribution in [0.25, 0.3) is 0 Å². The molecule has 0 aliphatic carbocycles. The van der Waals surface area contributed by atoms with Gasteiger partial charge < -0.3 is 15.2 Å². The predicted molar refractivity (Wildman–Crippen MR) is 77.8 cm³/mol. The Kier molecular flexibility index (Phi) is 5.36. The summed E-state index contributed by atoms with van der Waals surface area (Å²) < 4.78 is 31.7. The summed E-state index contributed by atoms with van der Waals surface area (Å²) in [5, 5.41) is 12.8. The highest BCUT2D eigenvalue weighted by Crippen LogP contribution is 2.23. The van der Waals surface area contributed by atoms with Crippen molar-refractivity contribution in [2.45, 2.75) is 6.10 Å². The topological polar surface area (TPSA) is 41.5 Å². The molecule has 2 aromatic rings. The lowest BCUT2D eigenvalue weighted by Crippen LogP contribution is -2.26. The van der Waals surface area contributed by atoms with Crippen molar-refractivity contribution in [3.8, 4) is 5.75 Å². The first-order valence-electron chi connectivity index (χ1n) is 6.31. The highest BCUT2D eigenvalue weighted by molar-refractivity contribution is 6.32. The van der Waals surface area contributed by atoms with E-state index in [9.17, 15) is 13.9 Å². The molecule has 0 saturated carbocycles. The monoisotopic (exact) mass is 313 g/mol. The second-order valence-electron chi connectivity index (χ2n) is 4.38. The summed E-state index contributed by atoms with van der Waals surface area (Å²) in [6.45, 7) is -0.00149. The molecule has 1 atom stereocenters. The van der Waals surface area contributed by atoms with Gasteiger partial charge in [0.1, 0.15) is 18.5 Å². The minimum atomic E-state index is -0.975. The molecule has 21 heavy (non-hydrogen) atoms. The fraction of sp³-hybridized carbons (Fsp3) is 0.200. The van der Waals surface area contributed by atoms with Crippen LogP contribution >= 0.6 is 11.6 Å². The van der Waals surface area contributed by atoms with Crippen LogP contribution in [0.5, 0.6) is 5.75 Å². The molecule has 0 bridgehead atoms. The van der Waals surface area contributed by atoms with Crippen molar-refractivity contribution in [1.29, 1.82) is 0 Å². The number of halogens is 3. The van der Waals surface area contributed by atoms with Crippen molar-refractivity contribution in [3.05, 3.63) is 59.1 Å². The van der Waals surface area contributed by atoms with Crippen LogP contribution < -0.4 is 10.1 Å². The average molecular weight is 314 g/mol. The van der Waals surface area contributed by atoms with Crippen LogP contribution in [-0.4, -0.2) is 24.4 Å². The molecule has 0 spiro atoms. The van der Waals surface area contributed by atoms with Gasteiger partial charge in [-0.25, -0.2) is 8.78 Å². The second kappa shape index (κ2) is 7.24. The molecule has 1 unspecified atom stereocenters. The normalized spacial score (nSPS) is 12.0. The van der Waals surface area contributed by atoms with E-state index in [2.05, 4.69) is 5.32 Å². The number of aliphatic hydroxyl groups is 1. The standard InChI is InChI=1S/C15H14ClF2NO2/c16-11-4-1-2-7-14(11)21-9-10(20)8-19-13-6-3-5-12(17)15(13)18/h1-7,10,19-20H,8-9H2. The molecule has 0 saturated heterocycles. The van der Waals surface area contributed by atoms with Crippen molar-refractivity contribution in [2.24, 2.45) is 0 Å². The van der Waals surface area contributed by atoms with Crippen LogP contribution in [0.15, 0.2) is 42.5 Å². The largest absolute Gasteiger partial charge is 0.489 e. The van der Waals surface area contributed by atoms with Gasteiger partial charge >= 0.3 is 0 Å². The van der Waals surface area contributed by atoms with E-state index < -0.39 is 17.7 Å². The number of benzene rings is 2. The number of rotatable bonds is 6. The van der Waals surface area contributed by atoms with Crippen LogP contribution in [0.1, 0.15) is 0 Å². The highest BCUT2D eigenvalue weighted by Gasteiger charge is 2.10. The summed E-state index contributed by atoms with van der Waals surface area (Å²) in [6, 6.07) is 10.7. The first-order chi connectivity index (χ1) is 10.1. The minimum absolute atomic E-state index is 0.00760. The van der Waals surface area contributed by atoms with Crippen LogP contribution in [0.4, 0.5) is 14.5 Å². The van der Waals surface area contributed by atoms with Gasteiger partial charge in [0.2, 0.25) is 0 Å². The zero-order chi connectivity index (χ0) is 15.2. The van der Waals surface area contributed by atoms with Crippen molar-refractivity contribution >= 4 is 17.3 Å². The molecule has 0 radical (unpaired) electrons. The van der Waals surface area contributed by atoms with Gasteiger partial charge in [0.05, 0.1) is 10.7 Å². The Balaban J connectivity index is 1.84. The average Bonchev–Trinajstić information content (AvgIpc) is 2.48. The third kappa shape index (κ3) is 4.31. The van der Waals surface area contributed by atoms with Gasteiger partial charge in [-0.2, -0.15) is 0 Å². The van der Waals surface area contributed by atoms with E-state index in [0.717, 1.165) is 6.07 Å². The van der Waals surface area contributed by atoms with Gasteiger partial charge in [-0.1, -0.05) is 29.8 Å². The molecular formula is C15H14ClF2NO2. The molecule has 0 fully saturated rings. The summed E-state index contributed by atoms with van der Waals surface area (Å²) in [5.41, 5.74) is -0.00760. The second-order valence-corrected chi connectivity index (χ2v) is 4.78. The van der Waals surface area contributed by atoms with Crippen molar-refractivity contribution in [2.75, 3.05) is 18.5 Å². The van der Waals surface area contributed by atoms with Gasteiger partial charge in [0, 0.05) is 6.54 Å². The predicted octanol–water partition coefficient (Wildman–Crippen LogP) is 3.47. The number of hydrogen-bond donors (Lipinski definition) is 2. The van der Waals surface area contributed by atoms with Crippen LogP contribution in [0, 0.1) is 11.6 Å². The Labute approximate surface area is 126 Å². The number of aliphatic hydroxyl groups excluding tert-OH is 1. The zero-order valence-electron chi connectivity index (χ0n) is 11.0. The molecule has 112 valence electrons. The van der Waals surface area contributed by atoms with Gasteiger partial charge in [-0.15, -0.1) is 0 Å². The lowest BCUT2D eigenvalue weighted by atomic mass is 10.2. The maximum atomic E-state index is 13.4. The van der Waals surface area contributed by atoms with E-state index in [-0.39, 0.29) is 18.8 Å². The first kappa shape index (κ1) is 15.5. The fourth-order valence-corrected chi connectivity index (χ4v) is 1.87. The molecule has 0 heterocycles. The number of nitrogens with one attached hydrogen (secondary N) is 1. The lowest BCUT2D eigenvalue weighted by molar-refractivity contribution is 0.117. The van der Waals surface area contributed by atoms with E-state index in [1.54, 1.807) is 24.3 Å². The summed E-state index contributed by atoms with van der Waals surface area (Å²) in [7, 11) is 0. The molecule has 0 aliphatic rings. The van der Waals surface area contributed by atoms with Crippen molar-refractivity contribution < 1.29 is 18.6 Å². The Hall–Kier alpha value is -1.85. The summed E-state index contributed by atoms with van der Waals surface area (Å²) in [6.07, 6.45) is -0.899. The third-order valence-electron chi connectivity index (χ3n) is 2.75. The van der Waals surface area contributed by atoms with E-state index in [0.29, 0.717) is 10.8 Å². The quantitative estimate of drug-likeness (QED) is 0.858. The minimum Gasteiger partial charge on any atom is -0.489 e. The van der Waals surface area contributed by atoms with Gasteiger partial charge in [0.15, 0.2) is 11.6 Å². The highest BCUT2D eigenvalue weighted by atomic mass is 35.5. The van der Waals surface area contributed by atoms with Gasteiger partial charge in [0.25, 0.3) is 0 Å². The summed E-state index contributed by atoms with van der Waals surface area (Å²) in [4.78, 5) is 0. The number of ether oxygens (including phenoxy) is 1. The van der Waals surface area contributed by atoms with Gasteiger partial charge in [-0.3, -0.25) is 0 Å². The molecule has 2 rings (SSSR count). The molecule has 2 aromatic carbocycles. The van der Waals surface area contributed by atoms with E-state index in [1.807, 2.05) is 0 Å². The van der Waals surface area contributed by atoms with Crippen molar-refractivity contribution in [3.63, 3.8) is 0 Å². The lowest BCUT2D eigenvalue weighted by Gasteiger charge is -2.15. The fourth-order valence-electron chi connectivity index (χ4n) is 1.67. The zero-order valence-corrected chi connectivity index (χ0v) is 11.8. The summed E-state index contributed by atoms with van der Waals surface area (Å²) >= 11 is 5.91. The Bertz CT molecular complexity index is 610. The van der Waals surface area contributed by atoms with Gasteiger partial charge in [-0.05, 0) is 24.3 Å². The summed E-state index contributed by atoms with van der Waals surface area (Å²) in [5.74, 6) is -1.46. The van der Waals surface area contributed by atoms with Crippen LogP contribution in [0.3, 0.4) is 0 Å². The Morgan fingerprint density at radius 2 is 1.90 bits per heavy atom. The SMILES string of the molecule is OC(CNc1cccc(F)c1F)COc1ccccc1Cl. The third-order valence-corrected chi connectivity index (χ3v) is 3.06. The van der Waals surface area contributed by atoms with Crippen molar-refractivity contribution in [1.82, 2.24) is 0 Å². The Morgan fingerprint density at radius 1 is 1.14 bits per heavy atom. The van der Waals surface area contributed by atoms with E-state index in [1.165, 1.54) is 12.1 Å². The smallest absolute Gasteiger partial charge is 0.181 e. The molecule has 2 N–H and O–H groups in total. The van der Waals surface area contributed by atoms with E-state index >= 15 is 0 Å². The Morgan fingerprint density at radius 3 is 2.67 bits per heavy atom. The number of para-hydroxylation sites is 1. The molecule has 0 amide bonds. The molecule has 0 aliphatic heterocycles. The molecular weight excluding hydrogens is 300 g/mol. The molecule has 3 nitrogen and oxygen atoms in total. The maximum absolute atomic E-state index is 13.4. The van der Waals surface area contributed by atoms with Crippen LogP contribution in [-0.2, 0) is 0 Å². The maximum Gasteiger partial charge on any atom is 0.181 e. The first-order valence-corrected chi connectivity index (χ1v) is 6.69. The molecule has 0 aromatic heterocycles. The number of anilines is 1. The number of hydrogen-bond acceptors (Lipinski definition) is 3. The van der Waals surface area contributed by atoms with E-state index in [4.69, 9.17) is 16.3 Å².